The molecule has 0 aliphatic rings. The average molecular weight is 359 g/mol. The SMILES string of the molecule is O=C(/C=C/c1ccc(F)cc1)Nc1ccc(-c2ccc3nncn3n2)cc1. The highest BCUT2D eigenvalue weighted by atomic mass is 19.1. The number of hydrogen-bond acceptors (Lipinski definition) is 4. The number of nitrogens with zero attached hydrogens (tertiary/aromatic N) is 4. The van der Waals surface area contributed by atoms with Gasteiger partial charge in [0.1, 0.15) is 12.1 Å². The summed E-state index contributed by atoms with van der Waals surface area (Å²) < 4.78 is 14.5. The van der Waals surface area contributed by atoms with Crippen LogP contribution in [0.5, 0.6) is 0 Å². The van der Waals surface area contributed by atoms with Crippen molar-refractivity contribution >= 4 is 23.3 Å². The molecular formula is C20H14FN5O. The summed E-state index contributed by atoms with van der Waals surface area (Å²) in [5.74, 6) is -0.578. The highest BCUT2D eigenvalue weighted by molar-refractivity contribution is 6.02. The van der Waals surface area contributed by atoms with Crippen LogP contribution in [-0.2, 0) is 4.79 Å². The van der Waals surface area contributed by atoms with Gasteiger partial charge in [-0.1, -0.05) is 24.3 Å². The molecule has 1 amide bonds. The molecule has 0 fully saturated rings. The topological polar surface area (TPSA) is 72.2 Å². The Kier molecular flexibility index (Phi) is 4.40. The number of rotatable bonds is 4. The van der Waals surface area contributed by atoms with Gasteiger partial charge in [-0.05, 0) is 48.0 Å². The second kappa shape index (κ2) is 7.17. The number of fused-ring (bicyclic) bond motifs is 1. The molecule has 0 aliphatic carbocycles. The normalized spacial score (nSPS) is 11.1. The number of nitrogens with one attached hydrogen (secondary N) is 1. The van der Waals surface area contributed by atoms with Crippen LogP contribution >= 0.6 is 0 Å². The van der Waals surface area contributed by atoms with Crippen LogP contribution in [0.4, 0.5) is 10.1 Å². The van der Waals surface area contributed by atoms with E-state index in [4.69, 9.17) is 0 Å². The van der Waals surface area contributed by atoms with E-state index in [2.05, 4.69) is 20.6 Å². The first-order valence-corrected chi connectivity index (χ1v) is 8.19. The summed E-state index contributed by atoms with van der Waals surface area (Å²) >= 11 is 0. The first-order chi connectivity index (χ1) is 13.2. The molecule has 0 spiro atoms. The van der Waals surface area contributed by atoms with Gasteiger partial charge in [0.15, 0.2) is 5.65 Å². The Bertz CT molecular complexity index is 1120. The van der Waals surface area contributed by atoms with Crippen molar-refractivity contribution in [2.24, 2.45) is 0 Å². The summed E-state index contributed by atoms with van der Waals surface area (Å²) in [6.07, 6.45) is 4.57. The van der Waals surface area contributed by atoms with Crippen LogP contribution in [0.3, 0.4) is 0 Å². The second-order valence-corrected chi connectivity index (χ2v) is 5.80. The zero-order chi connectivity index (χ0) is 18.6. The van der Waals surface area contributed by atoms with Gasteiger partial charge >= 0.3 is 0 Å². The molecule has 0 atom stereocenters. The Morgan fingerprint density at radius 1 is 1.00 bits per heavy atom. The van der Waals surface area contributed by atoms with E-state index in [0.717, 1.165) is 16.8 Å². The predicted octanol–water partition coefficient (Wildman–Crippen LogP) is 3.58. The Morgan fingerprint density at radius 2 is 1.78 bits per heavy atom. The molecule has 4 aromatic rings. The Morgan fingerprint density at radius 3 is 2.56 bits per heavy atom. The van der Waals surface area contributed by atoms with E-state index in [1.165, 1.54) is 18.2 Å². The molecule has 6 nitrogen and oxygen atoms in total. The minimum absolute atomic E-state index is 0.267. The Balaban J connectivity index is 1.44. The molecule has 4 rings (SSSR count). The van der Waals surface area contributed by atoms with Gasteiger partial charge in [0, 0.05) is 17.3 Å². The second-order valence-electron chi connectivity index (χ2n) is 5.80. The van der Waals surface area contributed by atoms with E-state index in [1.807, 2.05) is 24.3 Å². The zero-order valence-corrected chi connectivity index (χ0v) is 14.1. The van der Waals surface area contributed by atoms with Crippen LogP contribution in [0.25, 0.3) is 23.0 Å². The molecule has 0 bridgehead atoms. The standard InChI is InChI=1S/C20H14FN5O/c21-16-6-1-14(2-7-16)3-12-20(27)23-17-8-4-15(5-9-17)18-10-11-19-24-22-13-26(19)25-18/h1-13H,(H,23,27)/b12-3+. The molecule has 0 saturated carbocycles. The van der Waals surface area contributed by atoms with Crippen LogP contribution in [0, 0.1) is 5.82 Å². The van der Waals surface area contributed by atoms with Crippen molar-refractivity contribution in [1.29, 1.82) is 0 Å². The third-order valence-corrected chi connectivity index (χ3v) is 3.91. The fraction of sp³-hybridized carbons (Fsp3) is 0. The van der Waals surface area contributed by atoms with Crippen LogP contribution in [0.2, 0.25) is 0 Å². The molecule has 2 heterocycles. The monoisotopic (exact) mass is 359 g/mol. The number of carbonyl (C=O) groups is 1. The lowest BCUT2D eigenvalue weighted by Gasteiger charge is -2.05. The van der Waals surface area contributed by atoms with Crippen molar-refractivity contribution in [2.45, 2.75) is 0 Å². The van der Waals surface area contributed by atoms with Gasteiger partial charge in [0.25, 0.3) is 0 Å². The van der Waals surface area contributed by atoms with Gasteiger partial charge in [0.05, 0.1) is 5.69 Å². The third-order valence-electron chi connectivity index (χ3n) is 3.91. The van der Waals surface area contributed by atoms with Gasteiger partial charge in [-0.2, -0.15) is 9.61 Å². The summed E-state index contributed by atoms with van der Waals surface area (Å²) in [7, 11) is 0. The molecule has 132 valence electrons. The van der Waals surface area contributed by atoms with Crippen molar-refractivity contribution in [2.75, 3.05) is 5.32 Å². The van der Waals surface area contributed by atoms with E-state index in [-0.39, 0.29) is 11.7 Å². The van der Waals surface area contributed by atoms with Crippen molar-refractivity contribution < 1.29 is 9.18 Å². The molecule has 0 saturated heterocycles. The fourth-order valence-electron chi connectivity index (χ4n) is 2.54. The summed E-state index contributed by atoms with van der Waals surface area (Å²) in [6, 6.07) is 17.0. The van der Waals surface area contributed by atoms with Crippen molar-refractivity contribution in [1.82, 2.24) is 19.8 Å². The molecule has 27 heavy (non-hydrogen) atoms. The smallest absolute Gasteiger partial charge is 0.248 e. The highest BCUT2D eigenvalue weighted by Gasteiger charge is 2.04. The van der Waals surface area contributed by atoms with E-state index < -0.39 is 0 Å². The van der Waals surface area contributed by atoms with E-state index in [1.54, 1.807) is 41.2 Å². The molecule has 7 heteroatoms. The van der Waals surface area contributed by atoms with E-state index in [9.17, 15) is 9.18 Å². The number of aromatic nitrogens is 4. The molecular weight excluding hydrogens is 345 g/mol. The molecule has 0 radical (unpaired) electrons. The molecule has 0 unspecified atom stereocenters. The maximum atomic E-state index is 12.9. The molecule has 0 aliphatic heterocycles. The maximum absolute atomic E-state index is 12.9. The lowest BCUT2D eigenvalue weighted by molar-refractivity contribution is -0.111. The van der Waals surface area contributed by atoms with Gasteiger partial charge in [0.2, 0.25) is 5.91 Å². The lowest BCUT2D eigenvalue weighted by Crippen LogP contribution is -2.07. The van der Waals surface area contributed by atoms with Crippen LogP contribution in [0.15, 0.2) is 73.1 Å². The first-order valence-electron chi connectivity index (χ1n) is 8.19. The highest BCUT2D eigenvalue weighted by Crippen LogP contribution is 2.19. The first kappa shape index (κ1) is 16.6. The Hall–Kier alpha value is -3.87. The number of carbonyl (C=O) groups excluding carboxylic acids is 1. The van der Waals surface area contributed by atoms with Gasteiger partial charge in [-0.25, -0.2) is 4.39 Å². The van der Waals surface area contributed by atoms with Gasteiger partial charge in [-0.3, -0.25) is 4.79 Å². The molecule has 2 aromatic heterocycles. The third kappa shape index (κ3) is 3.87. The van der Waals surface area contributed by atoms with Crippen molar-refractivity contribution in [3.63, 3.8) is 0 Å². The van der Waals surface area contributed by atoms with Gasteiger partial charge in [-0.15, -0.1) is 10.2 Å². The minimum Gasteiger partial charge on any atom is -0.323 e. The number of anilines is 1. The van der Waals surface area contributed by atoms with Gasteiger partial charge < -0.3 is 5.32 Å². The predicted molar refractivity (Wildman–Crippen MR) is 100 cm³/mol. The van der Waals surface area contributed by atoms with Crippen LogP contribution in [-0.4, -0.2) is 25.7 Å². The Labute approximate surface area is 154 Å². The van der Waals surface area contributed by atoms with Crippen molar-refractivity contribution in [3.8, 4) is 11.3 Å². The van der Waals surface area contributed by atoms with Crippen LogP contribution in [0.1, 0.15) is 5.56 Å². The molecule has 1 N–H and O–H groups in total. The quantitative estimate of drug-likeness (QED) is 0.565. The zero-order valence-electron chi connectivity index (χ0n) is 14.1. The van der Waals surface area contributed by atoms with Crippen molar-refractivity contribution in [3.05, 3.63) is 84.4 Å². The number of hydrogen-bond donors (Lipinski definition) is 1. The lowest BCUT2D eigenvalue weighted by atomic mass is 10.1. The van der Waals surface area contributed by atoms with E-state index in [0.29, 0.717) is 11.3 Å². The largest absolute Gasteiger partial charge is 0.323 e. The summed E-state index contributed by atoms with van der Waals surface area (Å²) in [4.78, 5) is 12.0. The summed E-state index contributed by atoms with van der Waals surface area (Å²) in [5.41, 5.74) is 3.77. The number of amides is 1. The summed E-state index contributed by atoms with van der Waals surface area (Å²) in [5, 5.41) is 14.9. The average Bonchev–Trinajstić information content (AvgIpc) is 3.16. The summed E-state index contributed by atoms with van der Waals surface area (Å²) in [6.45, 7) is 0. The molecule has 2 aromatic carbocycles. The maximum Gasteiger partial charge on any atom is 0.248 e. The van der Waals surface area contributed by atoms with Crippen LogP contribution < -0.4 is 5.32 Å². The fourth-order valence-corrected chi connectivity index (χ4v) is 2.54. The number of benzene rings is 2. The minimum atomic E-state index is -0.311. The number of halogens is 1. The van der Waals surface area contributed by atoms with E-state index >= 15 is 0 Å².